The Morgan fingerprint density at radius 1 is 1.00 bits per heavy atom. The van der Waals surface area contributed by atoms with E-state index in [1.54, 1.807) is 0 Å². The van der Waals surface area contributed by atoms with Crippen LogP contribution >= 0.6 is 0 Å². The average molecular weight is 262 g/mol. The number of hydrogen-bond donors (Lipinski definition) is 0. The summed E-state index contributed by atoms with van der Waals surface area (Å²) in [5.74, 6) is 0.982. The van der Waals surface area contributed by atoms with Crippen LogP contribution in [-0.2, 0) is 0 Å². The van der Waals surface area contributed by atoms with Gasteiger partial charge in [0, 0.05) is 5.56 Å². The van der Waals surface area contributed by atoms with Crippen LogP contribution in [0.1, 0.15) is 24.5 Å². The summed E-state index contributed by atoms with van der Waals surface area (Å²) in [5.41, 5.74) is 5.13. The lowest BCUT2D eigenvalue weighted by atomic mass is 9.89. The van der Waals surface area contributed by atoms with Crippen molar-refractivity contribution in [2.75, 3.05) is 6.61 Å². The van der Waals surface area contributed by atoms with E-state index in [0.29, 0.717) is 6.61 Å². The molecular formula is C19H18O. The molecule has 2 aromatic rings. The number of fused-ring (bicyclic) bond motifs is 1. The Bertz CT molecular complexity index is 650. The molecular weight excluding hydrogens is 244 g/mol. The van der Waals surface area contributed by atoms with E-state index in [4.69, 9.17) is 4.74 Å². The van der Waals surface area contributed by atoms with Crippen LogP contribution in [0.5, 0.6) is 5.75 Å². The van der Waals surface area contributed by atoms with Gasteiger partial charge in [-0.2, -0.15) is 0 Å². The van der Waals surface area contributed by atoms with Crippen LogP contribution in [0.3, 0.4) is 0 Å². The van der Waals surface area contributed by atoms with Crippen LogP contribution in [0.2, 0.25) is 0 Å². The highest BCUT2D eigenvalue weighted by atomic mass is 16.5. The lowest BCUT2D eigenvalue weighted by Gasteiger charge is -2.24. The van der Waals surface area contributed by atoms with E-state index >= 15 is 0 Å². The Kier molecular flexibility index (Phi) is 3.69. The predicted octanol–water partition coefficient (Wildman–Crippen LogP) is 4.85. The molecule has 0 aliphatic carbocycles. The Labute approximate surface area is 120 Å². The van der Waals surface area contributed by atoms with Gasteiger partial charge in [-0.1, -0.05) is 60.7 Å². The van der Waals surface area contributed by atoms with Crippen molar-refractivity contribution < 1.29 is 4.74 Å². The quantitative estimate of drug-likeness (QED) is 0.719. The van der Waals surface area contributed by atoms with Gasteiger partial charge in [0.05, 0.1) is 0 Å². The third-order valence-electron chi connectivity index (χ3n) is 3.57. The van der Waals surface area contributed by atoms with Crippen molar-refractivity contribution in [2.24, 2.45) is 0 Å². The van der Waals surface area contributed by atoms with Crippen LogP contribution in [0.15, 0.2) is 72.3 Å². The highest BCUT2D eigenvalue weighted by Gasteiger charge is 2.20. The number of allylic oxidation sites excluding steroid dienone is 2. The smallest absolute Gasteiger partial charge is 0.127 e. The molecule has 0 aromatic heterocycles. The number of rotatable bonds is 3. The summed E-state index contributed by atoms with van der Waals surface area (Å²) < 4.78 is 5.89. The van der Waals surface area contributed by atoms with Gasteiger partial charge in [-0.15, -0.1) is 0 Å². The molecule has 0 fully saturated rings. The molecule has 2 aromatic carbocycles. The van der Waals surface area contributed by atoms with E-state index in [2.05, 4.69) is 61.5 Å². The summed E-state index contributed by atoms with van der Waals surface area (Å²) in [4.78, 5) is 0. The largest absolute Gasteiger partial charge is 0.489 e. The van der Waals surface area contributed by atoms with E-state index in [0.717, 1.165) is 12.2 Å². The standard InChI is InChI=1S/C19H18O/c1-2-3-9-16-14-20-18-13-8-7-12-17(18)19(16)15-10-5-4-6-11-15/h2-8,10-13H,9,14H2,1H3. The highest BCUT2D eigenvalue weighted by molar-refractivity contribution is 5.86. The SMILES string of the molecule is CC=CCC1=C(c2ccccc2)c2ccccc2OC1. The maximum atomic E-state index is 5.89. The second-order valence-electron chi connectivity index (χ2n) is 4.90. The Morgan fingerprint density at radius 3 is 2.55 bits per heavy atom. The first-order valence-corrected chi connectivity index (χ1v) is 7.01. The molecule has 1 heteroatoms. The molecule has 3 rings (SSSR count). The normalized spacial score (nSPS) is 14.2. The summed E-state index contributed by atoms with van der Waals surface area (Å²) in [6, 6.07) is 18.9. The summed E-state index contributed by atoms with van der Waals surface area (Å²) >= 11 is 0. The maximum absolute atomic E-state index is 5.89. The van der Waals surface area contributed by atoms with E-state index in [1.807, 2.05) is 12.1 Å². The van der Waals surface area contributed by atoms with Gasteiger partial charge in [0.25, 0.3) is 0 Å². The third kappa shape index (κ3) is 2.39. The Morgan fingerprint density at radius 2 is 1.75 bits per heavy atom. The first-order chi connectivity index (χ1) is 9.90. The van der Waals surface area contributed by atoms with Crippen molar-refractivity contribution in [1.29, 1.82) is 0 Å². The van der Waals surface area contributed by atoms with Crippen molar-refractivity contribution in [3.05, 3.63) is 83.4 Å². The van der Waals surface area contributed by atoms with Gasteiger partial charge in [0.2, 0.25) is 0 Å². The molecule has 1 aliphatic rings. The highest BCUT2D eigenvalue weighted by Crippen LogP contribution is 2.38. The van der Waals surface area contributed by atoms with E-state index in [-0.39, 0.29) is 0 Å². The second-order valence-corrected chi connectivity index (χ2v) is 4.90. The fraction of sp³-hybridized carbons (Fsp3) is 0.158. The minimum Gasteiger partial charge on any atom is -0.489 e. The van der Waals surface area contributed by atoms with E-state index < -0.39 is 0 Å². The summed E-state index contributed by atoms with van der Waals surface area (Å²) in [6.07, 6.45) is 5.22. The number of para-hydroxylation sites is 1. The number of ether oxygens (including phenoxy) is 1. The van der Waals surface area contributed by atoms with Gasteiger partial charge in [-0.25, -0.2) is 0 Å². The molecule has 1 nitrogen and oxygen atoms in total. The van der Waals surface area contributed by atoms with Gasteiger partial charge >= 0.3 is 0 Å². The topological polar surface area (TPSA) is 9.23 Å². The molecule has 1 heterocycles. The average Bonchev–Trinajstić information content (AvgIpc) is 2.53. The molecule has 0 spiro atoms. The maximum Gasteiger partial charge on any atom is 0.127 e. The van der Waals surface area contributed by atoms with Crippen LogP contribution in [0.25, 0.3) is 5.57 Å². The molecule has 0 bridgehead atoms. The molecule has 100 valence electrons. The fourth-order valence-corrected chi connectivity index (χ4v) is 2.61. The zero-order valence-electron chi connectivity index (χ0n) is 11.7. The monoisotopic (exact) mass is 262 g/mol. The van der Waals surface area contributed by atoms with Crippen molar-refractivity contribution in [3.63, 3.8) is 0 Å². The van der Waals surface area contributed by atoms with Crippen LogP contribution < -0.4 is 4.74 Å². The molecule has 0 amide bonds. The van der Waals surface area contributed by atoms with Gasteiger partial charge in [-0.3, -0.25) is 0 Å². The zero-order chi connectivity index (χ0) is 13.8. The third-order valence-corrected chi connectivity index (χ3v) is 3.57. The first-order valence-electron chi connectivity index (χ1n) is 7.01. The van der Waals surface area contributed by atoms with Gasteiger partial charge in [-0.05, 0) is 36.1 Å². The molecule has 1 aliphatic heterocycles. The number of hydrogen-bond acceptors (Lipinski definition) is 1. The Balaban J connectivity index is 2.16. The minimum absolute atomic E-state index is 0.672. The lowest BCUT2D eigenvalue weighted by molar-refractivity contribution is 0.344. The Hall–Kier alpha value is -2.28. The molecule has 0 atom stereocenters. The van der Waals surface area contributed by atoms with Crippen molar-refractivity contribution in [2.45, 2.75) is 13.3 Å². The first kappa shape index (κ1) is 12.7. The van der Waals surface area contributed by atoms with E-state index in [9.17, 15) is 0 Å². The lowest BCUT2D eigenvalue weighted by Crippen LogP contribution is -2.11. The molecule has 20 heavy (non-hydrogen) atoms. The summed E-state index contributed by atoms with van der Waals surface area (Å²) in [7, 11) is 0. The van der Waals surface area contributed by atoms with Crippen LogP contribution in [0, 0.1) is 0 Å². The van der Waals surface area contributed by atoms with Crippen molar-refractivity contribution in [1.82, 2.24) is 0 Å². The molecule has 0 saturated carbocycles. The van der Waals surface area contributed by atoms with Gasteiger partial charge < -0.3 is 4.74 Å². The van der Waals surface area contributed by atoms with E-state index in [1.165, 1.54) is 22.3 Å². The van der Waals surface area contributed by atoms with Crippen LogP contribution in [-0.4, -0.2) is 6.61 Å². The molecule has 0 unspecified atom stereocenters. The predicted molar refractivity (Wildman–Crippen MR) is 83.8 cm³/mol. The molecule has 0 saturated heterocycles. The molecule has 0 radical (unpaired) electrons. The van der Waals surface area contributed by atoms with Crippen molar-refractivity contribution >= 4 is 5.57 Å². The minimum atomic E-state index is 0.672. The van der Waals surface area contributed by atoms with Gasteiger partial charge in [0.15, 0.2) is 0 Å². The van der Waals surface area contributed by atoms with Gasteiger partial charge in [0.1, 0.15) is 12.4 Å². The fourth-order valence-electron chi connectivity index (χ4n) is 2.61. The summed E-state index contributed by atoms with van der Waals surface area (Å²) in [6.45, 7) is 2.73. The van der Waals surface area contributed by atoms with Crippen molar-refractivity contribution in [3.8, 4) is 5.75 Å². The summed E-state index contributed by atoms with van der Waals surface area (Å²) in [5, 5.41) is 0. The molecule has 0 N–H and O–H groups in total. The zero-order valence-corrected chi connectivity index (χ0v) is 11.7. The number of benzene rings is 2. The van der Waals surface area contributed by atoms with Crippen LogP contribution in [0.4, 0.5) is 0 Å². The second kappa shape index (κ2) is 5.79.